The molecule has 1 unspecified atom stereocenters. The summed E-state index contributed by atoms with van der Waals surface area (Å²) in [5.74, 6) is 0. The number of aldehydes is 1. The van der Waals surface area contributed by atoms with Crippen LogP contribution in [0.15, 0.2) is 18.2 Å². The second-order valence-corrected chi connectivity index (χ2v) is 3.87. The maximum atomic E-state index is 11.0. The maximum Gasteiger partial charge on any atom is 0.284 e. The van der Waals surface area contributed by atoms with Crippen molar-refractivity contribution < 1.29 is 9.72 Å². The van der Waals surface area contributed by atoms with Gasteiger partial charge >= 0.3 is 0 Å². The number of piperazine rings is 1. The number of nitro benzene ring substituents is 1. The molecule has 2 rings (SSSR count). The van der Waals surface area contributed by atoms with Crippen molar-refractivity contribution in [3.05, 3.63) is 39.4 Å². The largest absolute Gasteiger partial charge is 0.314 e. The highest BCUT2D eigenvalue weighted by Crippen LogP contribution is 2.28. The predicted molar refractivity (Wildman–Crippen MR) is 62.1 cm³/mol. The summed E-state index contributed by atoms with van der Waals surface area (Å²) in [5.41, 5.74) is 0.593. The number of benzene rings is 1. The van der Waals surface area contributed by atoms with Gasteiger partial charge in [-0.3, -0.25) is 14.9 Å². The molecular formula is C11H13N3O3. The van der Waals surface area contributed by atoms with Gasteiger partial charge in [-0.1, -0.05) is 12.1 Å². The first-order valence-electron chi connectivity index (χ1n) is 5.40. The molecule has 1 fully saturated rings. The van der Waals surface area contributed by atoms with E-state index in [-0.39, 0.29) is 17.3 Å². The number of nitro groups is 1. The van der Waals surface area contributed by atoms with Crippen molar-refractivity contribution >= 4 is 12.0 Å². The summed E-state index contributed by atoms with van der Waals surface area (Å²) in [7, 11) is 0. The summed E-state index contributed by atoms with van der Waals surface area (Å²) < 4.78 is 0. The molecule has 1 aromatic carbocycles. The summed E-state index contributed by atoms with van der Waals surface area (Å²) >= 11 is 0. The molecular weight excluding hydrogens is 222 g/mol. The first kappa shape index (κ1) is 11.7. The fourth-order valence-electron chi connectivity index (χ4n) is 2.04. The lowest BCUT2D eigenvalue weighted by molar-refractivity contribution is -0.386. The van der Waals surface area contributed by atoms with Gasteiger partial charge in [-0.25, -0.2) is 0 Å². The van der Waals surface area contributed by atoms with E-state index in [2.05, 4.69) is 10.6 Å². The highest BCUT2D eigenvalue weighted by Gasteiger charge is 2.26. The van der Waals surface area contributed by atoms with Crippen molar-refractivity contribution in [2.24, 2.45) is 0 Å². The second-order valence-electron chi connectivity index (χ2n) is 3.87. The van der Waals surface area contributed by atoms with Crippen LogP contribution in [0.1, 0.15) is 22.0 Å². The number of carbonyl (C=O) groups excluding carboxylic acids is 1. The Morgan fingerprint density at radius 2 is 2.24 bits per heavy atom. The van der Waals surface area contributed by atoms with E-state index in [1.54, 1.807) is 12.1 Å². The average molecular weight is 235 g/mol. The van der Waals surface area contributed by atoms with Gasteiger partial charge in [0.1, 0.15) is 0 Å². The lowest BCUT2D eigenvalue weighted by Gasteiger charge is -2.24. The Morgan fingerprint density at radius 1 is 1.41 bits per heavy atom. The number of nitrogens with one attached hydrogen (secondary N) is 2. The molecule has 6 nitrogen and oxygen atoms in total. The minimum absolute atomic E-state index is 0.0938. The lowest BCUT2D eigenvalue weighted by atomic mass is 10.00. The van der Waals surface area contributed by atoms with Crippen LogP contribution in [0.3, 0.4) is 0 Å². The smallest absolute Gasteiger partial charge is 0.284 e. The molecule has 1 aromatic rings. The molecule has 0 spiro atoms. The fraction of sp³-hybridized carbons (Fsp3) is 0.364. The van der Waals surface area contributed by atoms with Gasteiger partial charge in [-0.05, 0) is 6.07 Å². The van der Waals surface area contributed by atoms with Gasteiger partial charge in [0.2, 0.25) is 0 Å². The first-order chi connectivity index (χ1) is 8.24. The van der Waals surface area contributed by atoms with Crippen molar-refractivity contribution in [3.8, 4) is 0 Å². The van der Waals surface area contributed by atoms with E-state index < -0.39 is 4.92 Å². The number of hydrogen-bond donors (Lipinski definition) is 2. The molecule has 1 aliphatic rings. The molecule has 0 saturated carbocycles. The normalized spacial score (nSPS) is 19.9. The Balaban J connectivity index is 2.44. The van der Waals surface area contributed by atoms with Crippen LogP contribution in [0.5, 0.6) is 0 Å². The average Bonchev–Trinajstić information content (AvgIpc) is 2.38. The van der Waals surface area contributed by atoms with Gasteiger partial charge in [-0.2, -0.15) is 0 Å². The first-order valence-corrected chi connectivity index (χ1v) is 5.40. The Bertz CT molecular complexity index is 442. The zero-order valence-corrected chi connectivity index (χ0v) is 9.18. The zero-order chi connectivity index (χ0) is 12.3. The summed E-state index contributed by atoms with van der Waals surface area (Å²) in [4.78, 5) is 21.4. The molecule has 1 aliphatic heterocycles. The van der Waals surface area contributed by atoms with Crippen LogP contribution < -0.4 is 10.6 Å². The van der Waals surface area contributed by atoms with Crippen molar-refractivity contribution in [1.29, 1.82) is 0 Å². The Labute approximate surface area is 98.2 Å². The maximum absolute atomic E-state index is 11.0. The quantitative estimate of drug-likeness (QED) is 0.456. The monoisotopic (exact) mass is 235 g/mol. The summed E-state index contributed by atoms with van der Waals surface area (Å²) in [6.07, 6.45) is 0.526. The highest BCUT2D eigenvalue weighted by atomic mass is 16.6. The van der Waals surface area contributed by atoms with Gasteiger partial charge in [0.05, 0.1) is 16.5 Å². The zero-order valence-electron chi connectivity index (χ0n) is 9.18. The van der Waals surface area contributed by atoms with Crippen LogP contribution in [0.2, 0.25) is 0 Å². The van der Waals surface area contributed by atoms with Crippen LogP contribution in [0.25, 0.3) is 0 Å². The van der Waals surface area contributed by atoms with Crippen molar-refractivity contribution in [2.45, 2.75) is 6.04 Å². The van der Waals surface area contributed by atoms with Crippen LogP contribution in [-0.2, 0) is 0 Å². The molecule has 0 radical (unpaired) electrons. The van der Waals surface area contributed by atoms with Gasteiger partial charge in [0.25, 0.3) is 5.69 Å². The molecule has 1 saturated heterocycles. The molecule has 90 valence electrons. The van der Waals surface area contributed by atoms with Crippen LogP contribution in [-0.4, -0.2) is 30.8 Å². The third-order valence-corrected chi connectivity index (χ3v) is 2.82. The van der Waals surface area contributed by atoms with Crippen LogP contribution >= 0.6 is 0 Å². The molecule has 17 heavy (non-hydrogen) atoms. The van der Waals surface area contributed by atoms with E-state index in [4.69, 9.17) is 0 Å². The molecule has 0 amide bonds. The van der Waals surface area contributed by atoms with Crippen LogP contribution in [0, 0.1) is 10.1 Å². The van der Waals surface area contributed by atoms with E-state index >= 15 is 0 Å². The molecule has 0 aromatic heterocycles. The fourth-order valence-corrected chi connectivity index (χ4v) is 2.04. The molecule has 2 N–H and O–H groups in total. The SMILES string of the molecule is O=Cc1cccc(C2CNCCN2)c1[N+](=O)[O-]. The van der Waals surface area contributed by atoms with Gasteiger partial charge in [-0.15, -0.1) is 0 Å². The summed E-state index contributed by atoms with van der Waals surface area (Å²) in [6.45, 7) is 2.23. The van der Waals surface area contributed by atoms with E-state index in [1.807, 2.05) is 0 Å². The van der Waals surface area contributed by atoms with E-state index in [0.717, 1.165) is 13.1 Å². The van der Waals surface area contributed by atoms with Crippen molar-refractivity contribution in [2.75, 3.05) is 19.6 Å². The third-order valence-electron chi connectivity index (χ3n) is 2.82. The molecule has 6 heteroatoms. The Morgan fingerprint density at radius 3 is 2.82 bits per heavy atom. The number of carbonyl (C=O) groups is 1. The Kier molecular flexibility index (Phi) is 3.46. The molecule has 0 aliphatic carbocycles. The number of hydrogen-bond acceptors (Lipinski definition) is 5. The minimum Gasteiger partial charge on any atom is -0.314 e. The third kappa shape index (κ3) is 2.32. The van der Waals surface area contributed by atoms with Crippen molar-refractivity contribution in [1.82, 2.24) is 10.6 Å². The Hall–Kier alpha value is -1.79. The van der Waals surface area contributed by atoms with E-state index in [0.29, 0.717) is 18.4 Å². The second kappa shape index (κ2) is 5.03. The number of nitrogens with zero attached hydrogens (tertiary/aromatic N) is 1. The summed E-state index contributed by atoms with van der Waals surface area (Å²) in [6, 6.07) is 4.70. The lowest BCUT2D eigenvalue weighted by Crippen LogP contribution is -2.42. The topological polar surface area (TPSA) is 84.3 Å². The molecule has 1 atom stereocenters. The van der Waals surface area contributed by atoms with Crippen LogP contribution in [0.4, 0.5) is 5.69 Å². The van der Waals surface area contributed by atoms with Gasteiger partial charge in [0, 0.05) is 25.2 Å². The van der Waals surface area contributed by atoms with Crippen molar-refractivity contribution in [3.63, 3.8) is 0 Å². The highest BCUT2D eigenvalue weighted by molar-refractivity contribution is 5.82. The number of rotatable bonds is 3. The van der Waals surface area contributed by atoms with E-state index in [1.165, 1.54) is 6.07 Å². The predicted octanol–water partition coefficient (Wildman–Crippen LogP) is 0.641. The minimum atomic E-state index is -0.491. The molecule has 0 bridgehead atoms. The molecule has 1 heterocycles. The summed E-state index contributed by atoms with van der Waals surface area (Å²) in [5, 5.41) is 17.4. The van der Waals surface area contributed by atoms with E-state index in [9.17, 15) is 14.9 Å². The standard InChI is InChI=1S/C11H13N3O3/c15-7-8-2-1-3-9(11(8)14(16)17)10-6-12-4-5-13-10/h1-3,7,10,12-13H,4-6H2. The van der Waals surface area contributed by atoms with Gasteiger partial charge < -0.3 is 10.6 Å². The van der Waals surface area contributed by atoms with Gasteiger partial charge in [0.15, 0.2) is 6.29 Å². The number of para-hydroxylation sites is 1.